The fourth-order valence-corrected chi connectivity index (χ4v) is 1.77. The van der Waals surface area contributed by atoms with Gasteiger partial charge in [-0.05, 0) is 18.2 Å². The molecule has 0 fully saturated rings. The molecule has 22 heavy (non-hydrogen) atoms. The molecule has 0 saturated carbocycles. The van der Waals surface area contributed by atoms with Gasteiger partial charge >= 0.3 is 6.18 Å². The molecule has 111 valence electrons. The Morgan fingerprint density at radius 3 is 2.50 bits per heavy atom. The van der Waals surface area contributed by atoms with E-state index >= 15 is 0 Å². The minimum Gasteiger partial charge on any atom is -0.390 e. The van der Waals surface area contributed by atoms with Crippen LogP contribution in [-0.2, 0) is 17.6 Å². The first-order valence-electron chi connectivity index (χ1n) is 6.24. The van der Waals surface area contributed by atoms with Gasteiger partial charge in [-0.2, -0.15) is 18.4 Å². The highest BCUT2D eigenvalue weighted by atomic mass is 19.4. The lowest BCUT2D eigenvalue weighted by Crippen LogP contribution is -2.09. The standard InChI is InChI=1S/C16H10F3N2O/c17-16(18,19)15-7-2-1-6-14(15)11-22-21-10-13-5-3-4-12(8-13)9-20/h1-8H,11H2. The highest BCUT2D eigenvalue weighted by Gasteiger charge is 2.32. The summed E-state index contributed by atoms with van der Waals surface area (Å²) in [4.78, 5) is 4.86. The van der Waals surface area contributed by atoms with Crippen LogP contribution in [0.4, 0.5) is 13.2 Å². The molecule has 0 unspecified atom stereocenters. The first-order chi connectivity index (χ1) is 10.5. The first-order valence-corrected chi connectivity index (χ1v) is 6.24. The molecule has 0 bridgehead atoms. The van der Waals surface area contributed by atoms with E-state index < -0.39 is 11.7 Å². The number of halogens is 3. The Kier molecular flexibility index (Phi) is 4.79. The molecule has 0 atom stereocenters. The molecular weight excluding hydrogens is 293 g/mol. The molecule has 0 heterocycles. The minimum absolute atomic E-state index is 0.00803. The summed E-state index contributed by atoms with van der Waals surface area (Å²) in [6, 6.07) is 13.5. The van der Waals surface area contributed by atoms with Gasteiger partial charge in [0.05, 0.1) is 17.2 Å². The van der Waals surface area contributed by atoms with E-state index in [1.807, 2.05) is 6.07 Å². The Hall–Kier alpha value is -2.81. The Labute approximate surface area is 125 Å². The average molecular weight is 303 g/mol. The molecule has 3 nitrogen and oxygen atoms in total. The largest absolute Gasteiger partial charge is 0.416 e. The van der Waals surface area contributed by atoms with Crippen LogP contribution in [0.15, 0.2) is 53.7 Å². The average Bonchev–Trinajstić information content (AvgIpc) is 2.51. The lowest BCUT2D eigenvalue weighted by Gasteiger charge is -2.11. The van der Waals surface area contributed by atoms with Gasteiger partial charge in [-0.25, -0.2) is 0 Å². The van der Waals surface area contributed by atoms with Crippen molar-refractivity contribution < 1.29 is 18.0 Å². The quantitative estimate of drug-likeness (QED) is 0.633. The van der Waals surface area contributed by atoms with E-state index in [9.17, 15) is 13.2 Å². The summed E-state index contributed by atoms with van der Waals surface area (Å²) in [5.41, 5.74) is 0.175. The van der Waals surface area contributed by atoms with Crippen molar-refractivity contribution in [3.63, 3.8) is 0 Å². The maximum absolute atomic E-state index is 12.8. The van der Waals surface area contributed by atoms with E-state index in [2.05, 4.69) is 11.4 Å². The highest BCUT2D eigenvalue weighted by Crippen LogP contribution is 2.32. The number of rotatable bonds is 4. The SMILES string of the molecule is N#Cc1cccc(/[C]=N\OCc2ccccc2C(F)(F)F)c1. The van der Waals surface area contributed by atoms with Crippen molar-refractivity contribution in [1.29, 1.82) is 5.26 Å². The van der Waals surface area contributed by atoms with E-state index in [-0.39, 0.29) is 12.2 Å². The molecule has 0 spiro atoms. The van der Waals surface area contributed by atoms with Gasteiger partial charge in [-0.15, -0.1) is 0 Å². The lowest BCUT2D eigenvalue weighted by molar-refractivity contribution is -0.138. The molecule has 2 rings (SSSR count). The van der Waals surface area contributed by atoms with Crippen LogP contribution in [-0.4, -0.2) is 6.21 Å². The van der Waals surface area contributed by atoms with E-state index in [1.165, 1.54) is 24.3 Å². The van der Waals surface area contributed by atoms with Crippen molar-refractivity contribution in [3.8, 4) is 6.07 Å². The zero-order valence-electron chi connectivity index (χ0n) is 11.3. The maximum atomic E-state index is 12.8. The van der Waals surface area contributed by atoms with Gasteiger partial charge in [-0.3, -0.25) is 0 Å². The van der Waals surface area contributed by atoms with Crippen molar-refractivity contribution in [1.82, 2.24) is 0 Å². The second-order valence-electron chi connectivity index (χ2n) is 4.32. The Morgan fingerprint density at radius 1 is 1.05 bits per heavy atom. The van der Waals surface area contributed by atoms with Crippen LogP contribution >= 0.6 is 0 Å². The van der Waals surface area contributed by atoms with Gasteiger partial charge in [-0.1, -0.05) is 35.5 Å². The van der Waals surface area contributed by atoms with Crippen LogP contribution in [0.2, 0.25) is 0 Å². The molecule has 0 aliphatic rings. The van der Waals surface area contributed by atoms with E-state index in [4.69, 9.17) is 10.1 Å². The normalized spacial score (nSPS) is 11.4. The third kappa shape index (κ3) is 4.09. The molecule has 2 aromatic carbocycles. The van der Waals surface area contributed by atoms with Crippen molar-refractivity contribution >= 4 is 6.21 Å². The van der Waals surface area contributed by atoms with Crippen LogP contribution in [0.5, 0.6) is 0 Å². The first kappa shape index (κ1) is 15.6. The number of nitriles is 1. The molecule has 2 aromatic rings. The third-order valence-electron chi connectivity index (χ3n) is 2.77. The topological polar surface area (TPSA) is 45.4 Å². The summed E-state index contributed by atoms with van der Waals surface area (Å²) in [7, 11) is 0. The van der Waals surface area contributed by atoms with Crippen LogP contribution in [0.1, 0.15) is 22.3 Å². The van der Waals surface area contributed by atoms with Crippen LogP contribution in [0.25, 0.3) is 0 Å². The van der Waals surface area contributed by atoms with Gasteiger partial charge in [0.15, 0.2) is 0 Å². The molecule has 0 amide bonds. The van der Waals surface area contributed by atoms with E-state index in [0.717, 1.165) is 6.07 Å². The molecule has 1 radical (unpaired) electrons. The number of benzene rings is 2. The second-order valence-corrected chi connectivity index (χ2v) is 4.32. The number of nitrogens with zero attached hydrogens (tertiary/aromatic N) is 2. The van der Waals surface area contributed by atoms with E-state index in [1.54, 1.807) is 18.2 Å². The Balaban J connectivity index is 2.03. The highest BCUT2D eigenvalue weighted by molar-refractivity contribution is 5.79. The predicted molar refractivity (Wildman–Crippen MR) is 73.9 cm³/mol. The van der Waals surface area contributed by atoms with Gasteiger partial charge in [0.25, 0.3) is 0 Å². The molecule has 0 aliphatic heterocycles. The summed E-state index contributed by atoms with van der Waals surface area (Å²) in [6.07, 6.45) is -1.92. The molecule has 0 aliphatic carbocycles. The summed E-state index contributed by atoms with van der Waals surface area (Å²) in [6.45, 7) is -0.319. The fourth-order valence-electron chi connectivity index (χ4n) is 1.77. The predicted octanol–water partition coefficient (Wildman–Crippen LogP) is 4.00. The third-order valence-corrected chi connectivity index (χ3v) is 2.77. The van der Waals surface area contributed by atoms with Crippen LogP contribution < -0.4 is 0 Å². The van der Waals surface area contributed by atoms with Crippen LogP contribution in [0.3, 0.4) is 0 Å². The van der Waals surface area contributed by atoms with Crippen molar-refractivity contribution in [2.75, 3.05) is 0 Å². The van der Waals surface area contributed by atoms with Crippen molar-refractivity contribution in [2.24, 2.45) is 5.16 Å². The molecule has 6 heteroatoms. The second kappa shape index (κ2) is 6.76. The van der Waals surface area contributed by atoms with Crippen molar-refractivity contribution in [2.45, 2.75) is 12.8 Å². The summed E-state index contributed by atoms with van der Waals surface area (Å²) in [5.74, 6) is 0. The molecule has 0 saturated heterocycles. The molecular formula is C16H10F3N2O. The number of hydrogen-bond donors (Lipinski definition) is 0. The summed E-state index contributed by atoms with van der Waals surface area (Å²) < 4.78 is 38.3. The van der Waals surface area contributed by atoms with Gasteiger partial charge in [0, 0.05) is 11.1 Å². The zero-order chi connectivity index (χ0) is 16.0. The molecule has 0 N–H and O–H groups in total. The van der Waals surface area contributed by atoms with Crippen LogP contribution in [0, 0.1) is 11.3 Å². The van der Waals surface area contributed by atoms with Gasteiger partial charge in [0.1, 0.15) is 12.8 Å². The Morgan fingerprint density at radius 2 is 1.77 bits per heavy atom. The van der Waals surface area contributed by atoms with Gasteiger partial charge < -0.3 is 4.84 Å². The minimum atomic E-state index is -4.44. The zero-order valence-corrected chi connectivity index (χ0v) is 11.3. The summed E-state index contributed by atoms with van der Waals surface area (Å²) in [5, 5.41) is 12.3. The summed E-state index contributed by atoms with van der Waals surface area (Å²) >= 11 is 0. The number of hydrogen-bond acceptors (Lipinski definition) is 3. The number of alkyl halides is 3. The monoisotopic (exact) mass is 303 g/mol. The molecule has 0 aromatic heterocycles. The van der Waals surface area contributed by atoms with Gasteiger partial charge in [0.2, 0.25) is 0 Å². The lowest BCUT2D eigenvalue weighted by atomic mass is 10.1. The van der Waals surface area contributed by atoms with E-state index in [0.29, 0.717) is 11.1 Å². The maximum Gasteiger partial charge on any atom is 0.416 e. The Bertz CT molecular complexity index is 718. The van der Waals surface area contributed by atoms with Crippen molar-refractivity contribution in [3.05, 3.63) is 70.8 Å². The smallest absolute Gasteiger partial charge is 0.390 e. The fraction of sp³-hybridized carbons (Fsp3) is 0.125.